The van der Waals surface area contributed by atoms with Gasteiger partial charge < -0.3 is 11.1 Å². The van der Waals surface area contributed by atoms with Gasteiger partial charge in [0.25, 0.3) is 0 Å². The topological polar surface area (TPSA) is 72.2 Å². The summed E-state index contributed by atoms with van der Waals surface area (Å²) in [5, 5.41) is 2.69. The molecule has 1 atom stereocenters. The zero-order valence-corrected chi connectivity index (χ0v) is 12.8. The van der Waals surface area contributed by atoms with Gasteiger partial charge in [-0.25, -0.2) is 0 Å². The Morgan fingerprint density at radius 1 is 1.27 bits per heavy atom. The lowest BCUT2D eigenvalue weighted by Gasteiger charge is -2.15. The highest BCUT2D eigenvalue weighted by molar-refractivity contribution is 7.99. The van der Waals surface area contributed by atoms with Crippen molar-refractivity contribution in [2.24, 2.45) is 5.73 Å². The van der Waals surface area contributed by atoms with Crippen LogP contribution in [0.4, 0.5) is 13.2 Å². The van der Waals surface area contributed by atoms with Gasteiger partial charge in [-0.15, -0.1) is 0 Å². The van der Waals surface area contributed by atoms with Crippen LogP contribution in [0.3, 0.4) is 0 Å². The molecule has 1 aromatic carbocycles. The molecular formula is C14H17F3N2O2S. The molecule has 8 heteroatoms. The molecule has 1 aromatic rings. The molecule has 3 N–H and O–H groups in total. The maximum Gasteiger partial charge on any atom is 0.416 e. The van der Waals surface area contributed by atoms with Gasteiger partial charge >= 0.3 is 6.18 Å². The molecule has 0 aliphatic rings. The fourth-order valence-corrected chi connectivity index (χ4v) is 2.37. The molecule has 4 nitrogen and oxygen atoms in total. The van der Waals surface area contributed by atoms with Crippen molar-refractivity contribution in [2.75, 3.05) is 11.5 Å². The van der Waals surface area contributed by atoms with Crippen molar-refractivity contribution in [1.82, 2.24) is 5.32 Å². The van der Waals surface area contributed by atoms with Crippen molar-refractivity contribution in [3.8, 4) is 0 Å². The van der Waals surface area contributed by atoms with E-state index in [9.17, 15) is 22.8 Å². The first-order valence-electron chi connectivity index (χ1n) is 6.52. The van der Waals surface area contributed by atoms with E-state index in [0.29, 0.717) is 11.3 Å². The molecule has 0 aliphatic carbocycles. The molecule has 0 heterocycles. The minimum Gasteiger partial charge on any atom is -0.369 e. The maximum atomic E-state index is 12.5. The Morgan fingerprint density at radius 3 is 2.36 bits per heavy atom. The first-order valence-corrected chi connectivity index (χ1v) is 7.68. The number of hydrogen-bond acceptors (Lipinski definition) is 3. The third kappa shape index (κ3) is 6.38. The second-order valence-electron chi connectivity index (χ2n) is 4.68. The van der Waals surface area contributed by atoms with Crippen LogP contribution in [0.5, 0.6) is 0 Å². The lowest BCUT2D eigenvalue weighted by Crippen LogP contribution is -2.27. The number of halogens is 3. The van der Waals surface area contributed by atoms with Crippen molar-refractivity contribution in [3.05, 3.63) is 35.4 Å². The number of amides is 2. The van der Waals surface area contributed by atoms with Crippen LogP contribution in [0.2, 0.25) is 0 Å². The molecule has 0 spiro atoms. The fourth-order valence-electron chi connectivity index (χ4n) is 1.70. The molecule has 1 unspecified atom stereocenters. The molecule has 22 heavy (non-hydrogen) atoms. The minimum absolute atomic E-state index is 0.155. The van der Waals surface area contributed by atoms with Crippen LogP contribution in [-0.4, -0.2) is 23.3 Å². The summed E-state index contributed by atoms with van der Waals surface area (Å²) in [6, 6.07) is 4.27. The van der Waals surface area contributed by atoms with Crippen molar-refractivity contribution in [2.45, 2.75) is 25.6 Å². The first kappa shape index (κ1) is 18.3. The lowest BCUT2D eigenvalue weighted by atomic mass is 10.1. The Hall–Kier alpha value is -1.70. The van der Waals surface area contributed by atoms with Crippen LogP contribution >= 0.6 is 11.8 Å². The van der Waals surface area contributed by atoms with E-state index >= 15 is 0 Å². The van der Waals surface area contributed by atoms with Gasteiger partial charge in [-0.05, 0) is 24.6 Å². The average Bonchev–Trinajstić information content (AvgIpc) is 2.42. The largest absolute Gasteiger partial charge is 0.416 e. The third-order valence-electron chi connectivity index (χ3n) is 2.83. The predicted octanol–water partition coefficient (Wildman–Crippen LogP) is 2.49. The highest BCUT2D eigenvalue weighted by Gasteiger charge is 2.30. The number of benzene rings is 1. The minimum atomic E-state index is -4.37. The molecular weight excluding hydrogens is 317 g/mol. The summed E-state index contributed by atoms with van der Waals surface area (Å²) < 4.78 is 37.4. The average molecular weight is 334 g/mol. The van der Waals surface area contributed by atoms with E-state index in [2.05, 4.69) is 5.32 Å². The number of thioether (sulfide) groups is 1. The number of primary amides is 1. The number of alkyl halides is 3. The normalized spacial score (nSPS) is 12.7. The van der Waals surface area contributed by atoms with E-state index in [0.717, 1.165) is 12.1 Å². The van der Waals surface area contributed by atoms with Crippen LogP contribution < -0.4 is 11.1 Å². The number of rotatable bonds is 7. The summed E-state index contributed by atoms with van der Waals surface area (Å²) in [5.74, 6) is -0.0659. The predicted molar refractivity (Wildman–Crippen MR) is 79.1 cm³/mol. The van der Waals surface area contributed by atoms with Gasteiger partial charge in [0, 0.05) is 12.2 Å². The first-order chi connectivity index (χ1) is 10.2. The summed E-state index contributed by atoms with van der Waals surface area (Å²) >= 11 is 1.26. The Kier molecular flexibility index (Phi) is 6.73. The smallest absolute Gasteiger partial charge is 0.369 e. The molecule has 2 amide bonds. The summed E-state index contributed by atoms with van der Waals surface area (Å²) in [6.07, 6.45) is -4.16. The van der Waals surface area contributed by atoms with Gasteiger partial charge in [-0.3, -0.25) is 9.59 Å². The number of carbonyl (C=O) groups is 2. The van der Waals surface area contributed by atoms with Crippen LogP contribution in [0.15, 0.2) is 24.3 Å². The fraction of sp³-hybridized carbons (Fsp3) is 0.429. The quantitative estimate of drug-likeness (QED) is 0.753. The maximum absolute atomic E-state index is 12.5. The molecule has 0 aliphatic heterocycles. The van der Waals surface area contributed by atoms with Gasteiger partial charge in [0.05, 0.1) is 17.4 Å². The third-order valence-corrected chi connectivity index (χ3v) is 3.81. The number of nitrogens with two attached hydrogens (primary N) is 1. The van der Waals surface area contributed by atoms with E-state index in [1.54, 1.807) is 6.92 Å². The van der Waals surface area contributed by atoms with E-state index < -0.39 is 23.7 Å². The Labute approximate surface area is 130 Å². The van der Waals surface area contributed by atoms with Crippen LogP contribution in [0.25, 0.3) is 0 Å². The second-order valence-corrected chi connectivity index (χ2v) is 5.78. The Morgan fingerprint density at radius 2 is 1.86 bits per heavy atom. The van der Waals surface area contributed by atoms with E-state index in [1.807, 2.05) is 0 Å². The van der Waals surface area contributed by atoms with Gasteiger partial charge in [-0.1, -0.05) is 12.1 Å². The second kappa shape index (κ2) is 8.07. The molecule has 122 valence electrons. The van der Waals surface area contributed by atoms with Crippen molar-refractivity contribution >= 4 is 23.6 Å². The summed E-state index contributed by atoms with van der Waals surface area (Å²) in [4.78, 5) is 22.2. The van der Waals surface area contributed by atoms with Crippen LogP contribution in [0.1, 0.15) is 30.5 Å². The van der Waals surface area contributed by atoms with E-state index in [4.69, 9.17) is 5.73 Å². The van der Waals surface area contributed by atoms with E-state index in [-0.39, 0.29) is 18.1 Å². The molecule has 0 bridgehead atoms. The van der Waals surface area contributed by atoms with Crippen molar-refractivity contribution in [1.29, 1.82) is 0 Å². The van der Waals surface area contributed by atoms with Gasteiger partial charge in [-0.2, -0.15) is 24.9 Å². The van der Waals surface area contributed by atoms with Gasteiger partial charge in [0.15, 0.2) is 0 Å². The van der Waals surface area contributed by atoms with E-state index in [1.165, 1.54) is 23.9 Å². The van der Waals surface area contributed by atoms with Crippen LogP contribution in [-0.2, 0) is 15.8 Å². The highest BCUT2D eigenvalue weighted by atomic mass is 32.2. The summed E-state index contributed by atoms with van der Waals surface area (Å²) in [6.45, 7) is 1.69. The molecule has 0 saturated carbocycles. The molecule has 0 saturated heterocycles. The van der Waals surface area contributed by atoms with Gasteiger partial charge in [0.1, 0.15) is 0 Å². The number of hydrogen-bond donors (Lipinski definition) is 2. The number of nitrogens with one attached hydrogen (secondary N) is 1. The van der Waals surface area contributed by atoms with Crippen LogP contribution in [0, 0.1) is 0 Å². The highest BCUT2D eigenvalue weighted by Crippen LogP contribution is 2.29. The van der Waals surface area contributed by atoms with Crippen molar-refractivity contribution in [3.63, 3.8) is 0 Å². The molecule has 1 rings (SSSR count). The Bertz CT molecular complexity index is 518. The lowest BCUT2D eigenvalue weighted by molar-refractivity contribution is -0.137. The standard InChI is InChI=1S/C14H17F3N2O2S/c1-9(19-13(21)6-7-22-8-12(18)20)10-2-4-11(5-3-10)14(15,16)17/h2-5,9H,6-8H2,1H3,(H2,18,20)(H,19,21). The summed E-state index contributed by atoms with van der Waals surface area (Å²) in [5.41, 5.74) is 4.83. The Balaban J connectivity index is 2.46. The van der Waals surface area contributed by atoms with Crippen molar-refractivity contribution < 1.29 is 22.8 Å². The zero-order valence-electron chi connectivity index (χ0n) is 11.9. The molecule has 0 radical (unpaired) electrons. The zero-order chi connectivity index (χ0) is 16.8. The number of carbonyl (C=O) groups excluding carboxylic acids is 2. The monoisotopic (exact) mass is 334 g/mol. The van der Waals surface area contributed by atoms with Gasteiger partial charge in [0.2, 0.25) is 11.8 Å². The SMILES string of the molecule is CC(NC(=O)CCSCC(N)=O)c1ccc(C(F)(F)F)cc1. The summed E-state index contributed by atoms with van der Waals surface area (Å²) in [7, 11) is 0. The molecule has 0 aromatic heterocycles. The molecule has 0 fully saturated rings.